The summed E-state index contributed by atoms with van der Waals surface area (Å²) in [6, 6.07) is 9.50. The van der Waals surface area contributed by atoms with E-state index < -0.39 is 30.6 Å². The van der Waals surface area contributed by atoms with Gasteiger partial charge < -0.3 is 34.8 Å². The number of ether oxygens (including phenoxy) is 1. The lowest BCUT2D eigenvalue weighted by molar-refractivity contribution is -0.0948. The van der Waals surface area contributed by atoms with Crippen LogP contribution in [-0.2, 0) is 4.74 Å². The van der Waals surface area contributed by atoms with Crippen LogP contribution in [0.25, 0.3) is 33.3 Å². The minimum absolute atomic E-state index is 0.251. The average Bonchev–Trinajstić information content (AvgIpc) is 3.35. The molecule has 4 heterocycles. The first-order chi connectivity index (χ1) is 13.9. The predicted molar refractivity (Wildman–Crippen MR) is 105 cm³/mol. The van der Waals surface area contributed by atoms with Gasteiger partial charge >= 0.3 is 0 Å². The number of benzene rings is 1. The minimum Gasteiger partial charge on any atom is -0.456 e. The fourth-order valence-corrected chi connectivity index (χ4v) is 3.98. The molecule has 4 atom stereocenters. The van der Waals surface area contributed by atoms with Crippen molar-refractivity contribution in [2.45, 2.75) is 31.0 Å². The van der Waals surface area contributed by atoms with Crippen LogP contribution in [0.5, 0.6) is 0 Å². The number of nitrogens with zero attached hydrogens (tertiary/aromatic N) is 3. The number of hydrogen-bond donors (Lipinski definition) is 4. The summed E-state index contributed by atoms with van der Waals surface area (Å²) >= 11 is 0. The monoisotopic (exact) mass is 396 g/mol. The van der Waals surface area contributed by atoms with Crippen LogP contribution in [-0.4, -0.2) is 54.3 Å². The molecule has 5 rings (SSSR count). The summed E-state index contributed by atoms with van der Waals surface area (Å²) < 4.78 is 13.3. The van der Waals surface area contributed by atoms with Gasteiger partial charge in [0.25, 0.3) is 0 Å². The van der Waals surface area contributed by atoms with Gasteiger partial charge in [-0.3, -0.25) is 0 Å². The molecule has 9 heteroatoms. The summed E-state index contributed by atoms with van der Waals surface area (Å²) in [7, 11) is 0. The van der Waals surface area contributed by atoms with E-state index in [0.29, 0.717) is 22.4 Å². The van der Waals surface area contributed by atoms with E-state index in [1.54, 1.807) is 10.8 Å². The third-order valence-corrected chi connectivity index (χ3v) is 5.52. The van der Waals surface area contributed by atoms with Gasteiger partial charge in [-0.05, 0) is 19.1 Å². The lowest BCUT2D eigenvalue weighted by Crippen LogP contribution is -2.44. The number of furan rings is 1. The number of nitrogens with two attached hydrogens (primary N) is 1. The van der Waals surface area contributed by atoms with Crippen molar-refractivity contribution in [2.75, 3.05) is 12.3 Å². The topological polar surface area (TPSA) is 140 Å². The van der Waals surface area contributed by atoms with Gasteiger partial charge in [0.05, 0.1) is 12.0 Å². The van der Waals surface area contributed by atoms with Crippen LogP contribution >= 0.6 is 0 Å². The standard InChI is InChI=1S/C20H20N4O5/c1-20(27)16(26)14(8-25)29-19(20)24-7-11(15-17(21)22-9-23-18(15)24)13-6-10-4-2-3-5-12(10)28-13/h2-7,9,14,16,19,25-27H,8H2,1H3,(H2,21,22,23)/t14-,16?,19-,20?/m1/s1. The molecule has 0 aliphatic carbocycles. The van der Waals surface area contributed by atoms with Gasteiger partial charge in [-0.25, -0.2) is 9.97 Å². The smallest absolute Gasteiger partial charge is 0.167 e. The molecule has 1 aliphatic rings. The number of aromatic nitrogens is 3. The van der Waals surface area contributed by atoms with E-state index in [9.17, 15) is 15.3 Å². The van der Waals surface area contributed by atoms with Crippen molar-refractivity contribution in [3.8, 4) is 11.3 Å². The molecule has 1 aromatic carbocycles. The number of hydrogen-bond acceptors (Lipinski definition) is 8. The number of para-hydroxylation sites is 1. The van der Waals surface area contributed by atoms with E-state index in [2.05, 4.69) is 9.97 Å². The first-order valence-electron chi connectivity index (χ1n) is 9.18. The molecule has 150 valence electrons. The fraction of sp³-hybridized carbons (Fsp3) is 0.300. The molecule has 9 nitrogen and oxygen atoms in total. The summed E-state index contributed by atoms with van der Waals surface area (Å²) in [5.74, 6) is 0.814. The number of anilines is 1. The molecular formula is C20H20N4O5. The second kappa shape index (κ2) is 6.26. The number of aliphatic hydroxyl groups excluding tert-OH is 2. The van der Waals surface area contributed by atoms with Crippen molar-refractivity contribution < 1.29 is 24.5 Å². The Hall–Kier alpha value is -2.98. The van der Waals surface area contributed by atoms with Crippen molar-refractivity contribution in [1.29, 1.82) is 0 Å². The average molecular weight is 396 g/mol. The molecule has 2 unspecified atom stereocenters. The first kappa shape index (κ1) is 18.1. The summed E-state index contributed by atoms with van der Waals surface area (Å²) in [6.45, 7) is 1.02. The van der Waals surface area contributed by atoms with Crippen LogP contribution in [0.15, 0.2) is 47.3 Å². The summed E-state index contributed by atoms with van der Waals surface area (Å²) in [4.78, 5) is 8.41. The van der Waals surface area contributed by atoms with Crippen LogP contribution in [0.2, 0.25) is 0 Å². The van der Waals surface area contributed by atoms with Gasteiger partial charge in [0, 0.05) is 17.1 Å². The largest absolute Gasteiger partial charge is 0.456 e. The maximum absolute atomic E-state index is 10.9. The lowest BCUT2D eigenvalue weighted by Gasteiger charge is -2.27. The van der Waals surface area contributed by atoms with Crippen LogP contribution in [0.1, 0.15) is 13.2 Å². The highest BCUT2D eigenvalue weighted by atomic mass is 16.6. The second-order valence-electron chi connectivity index (χ2n) is 7.44. The highest BCUT2D eigenvalue weighted by molar-refractivity contribution is 6.01. The summed E-state index contributed by atoms with van der Waals surface area (Å²) in [5.41, 5.74) is 6.26. The van der Waals surface area contributed by atoms with E-state index in [-0.39, 0.29) is 5.82 Å². The first-order valence-corrected chi connectivity index (χ1v) is 9.18. The highest BCUT2D eigenvalue weighted by Gasteiger charge is 2.53. The van der Waals surface area contributed by atoms with Crippen molar-refractivity contribution in [3.63, 3.8) is 0 Å². The maximum atomic E-state index is 10.9. The van der Waals surface area contributed by atoms with E-state index in [1.807, 2.05) is 30.3 Å². The van der Waals surface area contributed by atoms with E-state index in [0.717, 1.165) is 11.0 Å². The Morgan fingerprint density at radius 1 is 1.28 bits per heavy atom. The molecule has 3 aromatic heterocycles. The Bertz CT molecular complexity index is 1180. The number of rotatable bonds is 3. The Morgan fingerprint density at radius 2 is 2.07 bits per heavy atom. The van der Waals surface area contributed by atoms with Crippen LogP contribution in [0, 0.1) is 0 Å². The van der Waals surface area contributed by atoms with Gasteiger partial charge in [-0.1, -0.05) is 18.2 Å². The third kappa shape index (κ3) is 2.56. The quantitative estimate of drug-likeness (QED) is 0.408. The molecule has 0 spiro atoms. The van der Waals surface area contributed by atoms with Gasteiger partial charge in [0.2, 0.25) is 0 Å². The van der Waals surface area contributed by atoms with E-state index >= 15 is 0 Å². The molecule has 0 amide bonds. The summed E-state index contributed by atoms with van der Waals surface area (Å²) in [5, 5.41) is 32.2. The molecule has 0 saturated carbocycles. The van der Waals surface area contributed by atoms with Gasteiger partial charge in [0.1, 0.15) is 46.9 Å². The predicted octanol–water partition coefficient (Wildman–Crippen LogP) is 1.43. The molecule has 5 N–H and O–H groups in total. The minimum atomic E-state index is -1.66. The zero-order valence-electron chi connectivity index (χ0n) is 15.6. The molecule has 4 aromatic rings. The molecule has 1 saturated heterocycles. The Balaban J connectivity index is 1.73. The Labute approximate surface area is 165 Å². The molecular weight excluding hydrogens is 376 g/mol. The summed E-state index contributed by atoms with van der Waals surface area (Å²) in [6.07, 6.45) is -0.172. The normalized spacial score (nSPS) is 27.2. The molecule has 0 bridgehead atoms. The van der Waals surface area contributed by atoms with E-state index in [4.69, 9.17) is 14.9 Å². The number of aliphatic hydroxyl groups is 3. The maximum Gasteiger partial charge on any atom is 0.167 e. The third-order valence-electron chi connectivity index (χ3n) is 5.52. The molecule has 0 radical (unpaired) electrons. The SMILES string of the molecule is CC1(O)C(O)[C@@H](CO)O[C@H]1n1cc(-c2cc3ccccc3o2)c2c(N)ncnc21. The molecule has 29 heavy (non-hydrogen) atoms. The van der Waals surface area contributed by atoms with Crippen molar-refractivity contribution >= 4 is 27.8 Å². The number of nitrogen functional groups attached to an aromatic ring is 1. The van der Waals surface area contributed by atoms with Gasteiger partial charge in [0.15, 0.2) is 6.23 Å². The fourth-order valence-electron chi connectivity index (χ4n) is 3.98. The van der Waals surface area contributed by atoms with Gasteiger partial charge in [-0.15, -0.1) is 0 Å². The van der Waals surface area contributed by atoms with Crippen molar-refractivity contribution in [1.82, 2.24) is 14.5 Å². The van der Waals surface area contributed by atoms with Gasteiger partial charge in [-0.2, -0.15) is 0 Å². The zero-order valence-corrected chi connectivity index (χ0v) is 15.6. The van der Waals surface area contributed by atoms with Crippen LogP contribution in [0.3, 0.4) is 0 Å². The van der Waals surface area contributed by atoms with Crippen molar-refractivity contribution in [3.05, 3.63) is 42.9 Å². The number of fused-ring (bicyclic) bond motifs is 2. The van der Waals surface area contributed by atoms with Crippen LogP contribution < -0.4 is 5.73 Å². The zero-order chi connectivity index (χ0) is 20.3. The van der Waals surface area contributed by atoms with E-state index in [1.165, 1.54) is 13.3 Å². The molecule has 1 fully saturated rings. The van der Waals surface area contributed by atoms with Crippen molar-refractivity contribution in [2.24, 2.45) is 0 Å². The van der Waals surface area contributed by atoms with Crippen LogP contribution in [0.4, 0.5) is 5.82 Å². The Kier molecular flexibility index (Phi) is 3.90. The lowest BCUT2D eigenvalue weighted by atomic mass is 9.96. The molecule has 1 aliphatic heterocycles. The second-order valence-corrected chi connectivity index (χ2v) is 7.44. The highest BCUT2D eigenvalue weighted by Crippen LogP contribution is 2.43. The Morgan fingerprint density at radius 3 is 2.79 bits per heavy atom.